The van der Waals surface area contributed by atoms with Crippen molar-refractivity contribution in [2.75, 3.05) is 32.9 Å². The molecule has 1 N–H and O–H groups in total. The third-order valence-corrected chi connectivity index (χ3v) is 6.20. The maximum Gasteiger partial charge on any atom is 0.134 e. The van der Waals surface area contributed by atoms with E-state index < -0.39 is 5.60 Å². The molecule has 1 aliphatic heterocycles. The van der Waals surface area contributed by atoms with Gasteiger partial charge in [-0.15, -0.1) is 0 Å². The van der Waals surface area contributed by atoms with Crippen LogP contribution in [-0.2, 0) is 4.74 Å². The number of hydrogen-bond acceptors (Lipinski definition) is 4. The highest BCUT2D eigenvalue weighted by Crippen LogP contribution is 2.35. The summed E-state index contributed by atoms with van der Waals surface area (Å²) < 4.78 is 24.5. The molecule has 0 spiro atoms. The standard InChI is InChI=1S/C24H30FNO3/c25-21-8-12-23(13-9-21)29-18-24(27)16-26(14-15-28-17-24)22-10-6-20(7-11-22)19-4-2-1-3-5-19/h1-5,8-9,12-13,20,22,27H,6-7,10-11,14-18H2/t20?,22?,24-/m1/s1. The van der Waals surface area contributed by atoms with Crippen LogP contribution in [0.15, 0.2) is 54.6 Å². The van der Waals surface area contributed by atoms with Gasteiger partial charge in [0.05, 0.1) is 13.2 Å². The van der Waals surface area contributed by atoms with Crippen LogP contribution < -0.4 is 4.74 Å². The van der Waals surface area contributed by atoms with Crippen molar-refractivity contribution in [3.8, 4) is 5.75 Å². The van der Waals surface area contributed by atoms with Crippen molar-refractivity contribution in [2.24, 2.45) is 0 Å². The first-order valence-electron chi connectivity index (χ1n) is 10.6. The summed E-state index contributed by atoms with van der Waals surface area (Å²) in [4.78, 5) is 2.38. The Bertz CT molecular complexity index is 761. The zero-order valence-electron chi connectivity index (χ0n) is 16.8. The first-order valence-corrected chi connectivity index (χ1v) is 10.6. The summed E-state index contributed by atoms with van der Waals surface area (Å²) >= 11 is 0. The molecule has 29 heavy (non-hydrogen) atoms. The zero-order chi connectivity index (χ0) is 20.1. The van der Waals surface area contributed by atoms with Crippen LogP contribution in [0, 0.1) is 5.82 Å². The van der Waals surface area contributed by atoms with Crippen LogP contribution in [0.3, 0.4) is 0 Å². The average Bonchev–Trinajstić information content (AvgIpc) is 2.96. The second-order valence-electron chi connectivity index (χ2n) is 8.41. The quantitative estimate of drug-likeness (QED) is 0.825. The van der Waals surface area contributed by atoms with Crippen molar-refractivity contribution in [3.05, 3.63) is 66.0 Å². The molecular formula is C24H30FNO3. The van der Waals surface area contributed by atoms with E-state index in [1.54, 1.807) is 12.1 Å². The monoisotopic (exact) mass is 399 g/mol. The molecule has 1 heterocycles. The average molecular weight is 400 g/mol. The van der Waals surface area contributed by atoms with E-state index in [2.05, 4.69) is 35.2 Å². The molecule has 2 aliphatic rings. The molecule has 1 saturated carbocycles. The highest BCUT2D eigenvalue weighted by molar-refractivity contribution is 5.22. The SMILES string of the molecule is O[C@@]1(COc2ccc(F)cc2)COCCN(C2CCC(c3ccccc3)CC2)C1. The van der Waals surface area contributed by atoms with Gasteiger partial charge >= 0.3 is 0 Å². The Hall–Kier alpha value is -1.95. The van der Waals surface area contributed by atoms with Crippen molar-refractivity contribution in [2.45, 2.75) is 43.2 Å². The van der Waals surface area contributed by atoms with Gasteiger partial charge in [0.25, 0.3) is 0 Å². The lowest BCUT2D eigenvalue weighted by atomic mass is 9.81. The number of β-amino-alcohol motifs (C(OH)–C–C–N with tert-alkyl or cyclic N) is 1. The number of nitrogens with zero attached hydrogens (tertiary/aromatic N) is 1. The maximum absolute atomic E-state index is 13.1. The maximum atomic E-state index is 13.1. The van der Waals surface area contributed by atoms with Gasteiger partial charge in [-0.1, -0.05) is 30.3 Å². The van der Waals surface area contributed by atoms with E-state index in [9.17, 15) is 9.50 Å². The number of halogens is 1. The van der Waals surface area contributed by atoms with E-state index in [-0.39, 0.29) is 19.0 Å². The van der Waals surface area contributed by atoms with Gasteiger partial charge in [0.15, 0.2) is 0 Å². The second kappa shape index (κ2) is 9.24. The smallest absolute Gasteiger partial charge is 0.134 e. The number of hydrogen-bond donors (Lipinski definition) is 1. The van der Waals surface area contributed by atoms with Crippen LogP contribution in [0.4, 0.5) is 4.39 Å². The van der Waals surface area contributed by atoms with Crippen LogP contribution in [0.5, 0.6) is 5.75 Å². The van der Waals surface area contributed by atoms with E-state index in [1.807, 2.05) is 0 Å². The summed E-state index contributed by atoms with van der Waals surface area (Å²) in [5.41, 5.74) is 0.371. The van der Waals surface area contributed by atoms with Gasteiger partial charge in [0.2, 0.25) is 0 Å². The van der Waals surface area contributed by atoms with Crippen molar-refractivity contribution in [1.29, 1.82) is 0 Å². The van der Waals surface area contributed by atoms with Crippen molar-refractivity contribution >= 4 is 0 Å². The Balaban J connectivity index is 1.33. The molecule has 2 aromatic carbocycles. The fourth-order valence-electron chi connectivity index (χ4n) is 4.59. The summed E-state index contributed by atoms with van der Waals surface area (Å²) in [6.45, 7) is 2.38. The zero-order valence-corrected chi connectivity index (χ0v) is 16.8. The predicted molar refractivity (Wildman–Crippen MR) is 111 cm³/mol. The molecule has 1 aliphatic carbocycles. The van der Waals surface area contributed by atoms with Crippen molar-refractivity contribution in [3.63, 3.8) is 0 Å². The van der Waals surface area contributed by atoms with Crippen LogP contribution in [0.2, 0.25) is 0 Å². The first-order chi connectivity index (χ1) is 14.1. The molecule has 0 amide bonds. The summed E-state index contributed by atoms with van der Waals surface area (Å²) in [7, 11) is 0. The molecular weight excluding hydrogens is 369 g/mol. The second-order valence-corrected chi connectivity index (χ2v) is 8.41. The minimum atomic E-state index is -1.07. The highest BCUT2D eigenvalue weighted by Gasteiger charge is 2.37. The normalized spacial score (nSPS) is 28.6. The van der Waals surface area contributed by atoms with E-state index in [4.69, 9.17) is 9.47 Å². The lowest BCUT2D eigenvalue weighted by molar-refractivity contribution is -0.0683. The molecule has 156 valence electrons. The molecule has 0 radical (unpaired) electrons. The van der Waals surface area contributed by atoms with Crippen LogP contribution in [-0.4, -0.2) is 54.6 Å². The molecule has 4 rings (SSSR count). The molecule has 4 nitrogen and oxygen atoms in total. The van der Waals surface area contributed by atoms with Gasteiger partial charge in [-0.3, -0.25) is 4.90 Å². The Morgan fingerprint density at radius 1 is 1.03 bits per heavy atom. The highest BCUT2D eigenvalue weighted by atomic mass is 19.1. The largest absolute Gasteiger partial charge is 0.490 e. The molecule has 0 bridgehead atoms. The molecule has 1 atom stereocenters. The first kappa shape index (κ1) is 20.3. The Labute approximate surface area is 172 Å². The predicted octanol–water partition coefficient (Wildman–Crippen LogP) is 3.99. The molecule has 2 aromatic rings. The van der Waals surface area contributed by atoms with E-state index in [0.717, 1.165) is 19.4 Å². The lowest BCUT2D eigenvalue weighted by Crippen LogP contribution is -2.52. The van der Waals surface area contributed by atoms with Crippen LogP contribution >= 0.6 is 0 Å². The Morgan fingerprint density at radius 3 is 2.48 bits per heavy atom. The lowest BCUT2D eigenvalue weighted by Gasteiger charge is -2.39. The van der Waals surface area contributed by atoms with Gasteiger partial charge in [-0.25, -0.2) is 4.39 Å². The summed E-state index contributed by atoms with van der Waals surface area (Å²) in [5.74, 6) is 0.890. The van der Waals surface area contributed by atoms with Crippen molar-refractivity contribution in [1.82, 2.24) is 4.90 Å². The molecule has 5 heteroatoms. The Morgan fingerprint density at radius 2 is 1.76 bits per heavy atom. The van der Waals surface area contributed by atoms with Gasteiger partial charge in [-0.2, -0.15) is 0 Å². The third-order valence-electron chi connectivity index (χ3n) is 6.20. The topological polar surface area (TPSA) is 41.9 Å². The molecule has 2 fully saturated rings. The van der Waals surface area contributed by atoms with Gasteiger partial charge in [0.1, 0.15) is 23.8 Å². The summed E-state index contributed by atoms with van der Waals surface area (Å²) in [5, 5.41) is 11.1. The molecule has 0 unspecified atom stereocenters. The molecule has 1 saturated heterocycles. The van der Waals surface area contributed by atoms with Gasteiger partial charge in [-0.05, 0) is 61.4 Å². The van der Waals surface area contributed by atoms with Crippen molar-refractivity contribution < 1.29 is 19.0 Å². The minimum absolute atomic E-state index is 0.133. The summed E-state index contributed by atoms with van der Waals surface area (Å²) in [6.07, 6.45) is 4.62. The van der Waals surface area contributed by atoms with Gasteiger partial charge in [0, 0.05) is 19.1 Å². The minimum Gasteiger partial charge on any atom is -0.490 e. The van der Waals surface area contributed by atoms with E-state index in [0.29, 0.717) is 30.9 Å². The molecule has 0 aromatic heterocycles. The third kappa shape index (κ3) is 5.35. The summed E-state index contributed by atoms with van der Waals surface area (Å²) in [6, 6.07) is 17.1. The number of rotatable bonds is 5. The van der Waals surface area contributed by atoms with E-state index in [1.165, 1.54) is 30.5 Å². The number of aliphatic hydroxyl groups is 1. The Kier molecular flexibility index (Phi) is 6.48. The van der Waals surface area contributed by atoms with Gasteiger partial charge < -0.3 is 14.6 Å². The fraction of sp³-hybridized carbons (Fsp3) is 0.500. The number of ether oxygens (including phenoxy) is 2. The van der Waals surface area contributed by atoms with Crippen LogP contribution in [0.1, 0.15) is 37.2 Å². The number of benzene rings is 2. The van der Waals surface area contributed by atoms with Crippen LogP contribution in [0.25, 0.3) is 0 Å². The van der Waals surface area contributed by atoms with E-state index >= 15 is 0 Å². The fourth-order valence-corrected chi connectivity index (χ4v) is 4.59.